The summed E-state index contributed by atoms with van der Waals surface area (Å²) in [5, 5.41) is 3.28. The molecule has 1 fully saturated rings. The first-order chi connectivity index (χ1) is 9.92. The van der Waals surface area contributed by atoms with Crippen LogP contribution in [-0.4, -0.2) is 32.8 Å². The number of hydrogen-bond donors (Lipinski definition) is 1. The third-order valence-electron chi connectivity index (χ3n) is 2.88. The minimum Gasteiger partial charge on any atom is -0.323 e. The summed E-state index contributed by atoms with van der Waals surface area (Å²) in [6.45, 7) is 1.79. The van der Waals surface area contributed by atoms with Gasteiger partial charge >= 0.3 is 0 Å². The van der Waals surface area contributed by atoms with Crippen LogP contribution in [0, 0.1) is 0 Å². The average molecular weight is 363 g/mol. The van der Waals surface area contributed by atoms with Crippen LogP contribution in [0.2, 0.25) is 10.0 Å². The maximum absolute atomic E-state index is 12.0. The molecule has 2 amide bonds. The highest BCUT2D eigenvalue weighted by Crippen LogP contribution is 2.29. The lowest BCUT2D eigenvalue weighted by molar-refractivity contribution is -0.129. The van der Waals surface area contributed by atoms with Gasteiger partial charge in [-0.25, -0.2) is 0 Å². The van der Waals surface area contributed by atoms with Crippen LogP contribution in [0.5, 0.6) is 0 Å². The molecule has 0 radical (unpaired) electrons. The van der Waals surface area contributed by atoms with Crippen molar-refractivity contribution in [2.45, 2.75) is 18.6 Å². The normalized spacial score (nSPS) is 18.2. The standard InChI is InChI=1S/C13H12Cl2N2O2S2/c1-2-10-12(19)17(13(20)21-10)6-11(18)16-9-5-7(14)3-4-8(9)15/h3-5,10H,2,6H2,1H3,(H,16,18). The minimum absolute atomic E-state index is 0.121. The summed E-state index contributed by atoms with van der Waals surface area (Å²) in [7, 11) is 0. The van der Waals surface area contributed by atoms with Crippen LogP contribution in [0.3, 0.4) is 0 Å². The molecule has 1 aromatic carbocycles. The van der Waals surface area contributed by atoms with Gasteiger partial charge < -0.3 is 5.32 Å². The van der Waals surface area contributed by atoms with E-state index in [1.165, 1.54) is 16.7 Å². The highest BCUT2D eigenvalue weighted by molar-refractivity contribution is 8.24. The van der Waals surface area contributed by atoms with Crippen molar-refractivity contribution in [2.75, 3.05) is 11.9 Å². The Balaban J connectivity index is 2.04. The molecule has 1 saturated heterocycles. The zero-order chi connectivity index (χ0) is 15.6. The van der Waals surface area contributed by atoms with Gasteiger partial charge in [0, 0.05) is 5.02 Å². The largest absolute Gasteiger partial charge is 0.323 e. The highest BCUT2D eigenvalue weighted by atomic mass is 35.5. The Morgan fingerprint density at radius 1 is 1.48 bits per heavy atom. The average Bonchev–Trinajstić information content (AvgIpc) is 2.70. The third-order valence-corrected chi connectivity index (χ3v) is 5.20. The summed E-state index contributed by atoms with van der Waals surface area (Å²) >= 11 is 18.3. The molecule has 1 aliphatic heterocycles. The van der Waals surface area contributed by atoms with Gasteiger partial charge in [-0.3, -0.25) is 14.5 Å². The Morgan fingerprint density at radius 3 is 2.81 bits per heavy atom. The van der Waals surface area contributed by atoms with Gasteiger partial charge in [0.05, 0.1) is 16.0 Å². The molecule has 1 aromatic rings. The molecule has 1 aliphatic rings. The second-order valence-corrected chi connectivity index (χ2v) is 7.06. The summed E-state index contributed by atoms with van der Waals surface area (Å²) in [6, 6.07) is 4.77. The van der Waals surface area contributed by atoms with Gasteiger partial charge in [0.1, 0.15) is 10.9 Å². The van der Waals surface area contributed by atoms with Gasteiger partial charge in [-0.2, -0.15) is 0 Å². The van der Waals surface area contributed by atoms with Crippen molar-refractivity contribution in [2.24, 2.45) is 0 Å². The molecule has 2 rings (SSSR count). The highest BCUT2D eigenvalue weighted by Gasteiger charge is 2.36. The molecule has 1 N–H and O–H groups in total. The van der Waals surface area contributed by atoms with Crippen molar-refractivity contribution in [3.63, 3.8) is 0 Å². The quantitative estimate of drug-likeness (QED) is 0.831. The summed E-state index contributed by atoms with van der Waals surface area (Å²) in [4.78, 5) is 25.4. The van der Waals surface area contributed by atoms with E-state index in [4.69, 9.17) is 35.4 Å². The lowest BCUT2D eigenvalue weighted by atomic mass is 10.3. The van der Waals surface area contributed by atoms with Crippen LogP contribution >= 0.6 is 47.2 Å². The van der Waals surface area contributed by atoms with Crippen molar-refractivity contribution in [1.82, 2.24) is 4.90 Å². The number of hydrogen-bond acceptors (Lipinski definition) is 4. The Bertz CT molecular complexity index is 610. The lowest BCUT2D eigenvalue weighted by Gasteiger charge is -2.15. The first-order valence-corrected chi connectivity index (χ1v) is 8.23. The van der Waals surface area contributed by atoms with Crippen molar-refractivity contribution in [3.05, 3.63) is 28.2 Å². The number of nitrogens with one attached hydrogen (secondary N) is 1. The zero-order valence-electron chi connectivity index (χ0n) is 11.1. The van der Waals surface area contributed by atoms with Crippen LogP contribution in [0.15, 0.2) is 18.2 Å². The predicted octanol–water partition coefficient (Wildman–Crippen LogP) is 3.57. The molecule has 0 aliphatic carbocycles. The Morgan fingerprint density at radius 2 is 2.19 bits per heavy atom. The molecule has 8 heteroatoms. The van der Waals surface area contributed by atoms with E-state index in [2.05, 4.69) is 5.32 Å². The number of anilines is 1. The van der Waals surface area contributed by atoms with Gasteiger partial charge in [0.2, 0.25) is 11.8 Å². The van der Waals surface area contributed by atoms with Gasteiger partial charge in [-0.05, 0) is 24.6 Å². The van der Waals surface area contributed by atoms with E-state index in [-0.39, 0.29) is 23.6 Å². The molecule has 1 atom stereocenters. The molecule has 0 aromatic heterocycles. The molecule has 112 valence electrons. The predicted molar refractivity (Wildman–Crippen MR) is 91.1 cm³/mol. The topological polar surface area (TPSA) is 49.4 Å². The fourth-order valence-electron chi connectivity index (χ4n) is 1.83. The fourth-order valence-corrected chi connectivity index (χ4v) is 3.59. The SMILES string of the molecule is CCC1SC(=S)N(CC(=O)Nc2cc(Cl)ccc2Cl)C1=O. The number of rotatable bonds is 4. The molecule has 0 spiro atoms. The van der Waals surface area contributed by atoms with Gasteiger partial charge in [-0.15, -0.1) is 0 Å². The third kappa shape index (κ3) is 3.88. The van der Waals surface area contributed by atoms with E-state index in [0.717, 1.165) is 0 Å². The van der Waals surface area contributed by atoms with Crippen molar-refractivity contribution >= 4 is 69.0 Å². The lowest BCUT2D eigenvalue weighted by Crippen LogP contribution is -2.38. The van der Waals surface area contributed by atoms with E-state index in [1.807, 2.05) is 6.92 Å². The first kappa shape index (κ1) is 16.5. The Labute approximate surface area is 142 Å². The van der Waals surface area contributed by atoms with Gasteiger partial charge in [-0.1, -0.05) is 54.1 Å². The van der Waals surface area contributed by atoms with Crippen molar-refractivity contribution in [3.8, 4) is 0 Å². The number of benzene rings is 1. The van der Waals surface area contributed by atoms with Crippen LogP contribution in [-0.2, 0) is 9.59 Å². The molecular formula is C13H12Cl2N2O2S2. The number of thiocarbonyl (C=S) groups is 1. The van der Waals surface area contributed by atoms with Gasteiger partial charge in [0.25, 0.3) is 0 Å². The zero-order valence-corrected chi connectivity index (χ0v) is 14.2. The van der Waals surface area contributed by atoms with Gasteiger partial charge in [0.15, 0.2) is 0 Å². The van der Waals surface area contributed by atoms with E-state index >= 15 is 0 Å². The number of halogens is 2. The van der Waals surface area contributed by atoms with E-state index in [9.17, 15) is 9.59 Å². The maximum Gasteiger partial charge on any atom is 0.244 e. The number of nitrogens with zero attached hydrogens (tertiary/aromatic N) is 1. The summed E-state index contributed by atoms with van der Waals surface area (Å²) in [5.41, 5.74) is 0.409. The van der Waals surface area contributed by atoms with Crippen molar-refractivity contribution < 1.29 is 9.59 Å². The van der Waals surface area contributed by atoms with Crippen LogP contribution in [0.4, 0.5) is 5.69 Å². The second-order valence-electron chi connectivity index (χ2n) is 4.38. The van der Waals surface area contributed by atoms with E-state index in [0.29, 0.717) is 26.5 Å². The monoisotopic (exact) mass is 362 g/mol. The summed E-state index contributed by atoms with van der Waals surface area (Å²) in [6.07, 6.45) is 0.682. The smallest absolute Gasteiger partial charge is 0.244 e. The number of thioether (sulfide) groups is 1. The van der Waals surface area contributed by atoms with Crippen LogP contribution in [0.25, 0.3) is 0 Å². The summed E-state index contributed by atoms with van der Waals surface area (Å²) < 4.78 is 0.430. The minimum atomic E-state index is -0.368. The second kappa shape index (κ2) is 6.96. The van der Waals surface area contributed by atoms with E-state index in [1.54, 1.807) is 18.2 Å². The number of carbonyl (C=O) groups is 2. The Kier molecular flexibility index (Phi) is 5.48. The molecule has 4 nitrogen and oxygen atoms in total. The fraction of sp³-hybridized carbons (Fsp3) is 0.308. The summed E-state index contributed by atoms with van der Waals surface area (Å²) in [5.74, 6) is -0.493. The molecular weight excluding hydrogens is 351 g/mol. The number of amides is 2. The maximum atomic E-state index is 12.0. The molecule has 1 unspecified atom stereocenters. The van der Waals surface area contributed by atoms with E-state index < -0.39 is 0 Å². The Hall–Kier alpha value is -0.820. The van der Waals surface area contributed by atoms with Crippen molar-refractivity contribution in [1.29, 1.82) is 0 Å². The molecule has 0 saturated carbocycles. The van der Waals surface area contributed by atoms with Crippen LogP contribution < -0.4 is 5.32 Å². The number of carbonyl (C=O) groups excluding carboxylic acids is 2. The first-order valence-electron chi connectivity index (χ1n) is 6.19. The molecule has 1 heterocycles. The molecule has 21 heavy (non-hydrogen) atoms. The molecule has 0 bridgehead atoms. The van der Waals surface area contributed by atoms with Crippen LogP contribution in [0.1, 0.15) is 13.3 Å².